The molecule has 112 valence electrons. The molecule has 0 radical (unpaired) electrons. The van der Waals surface area contributed by atoms with Crippen LogP contribution in [0, 0.1) is 5.82 Å². The molecule has 0 bridgehead atoms. The number of ether oxygens (including phenoxy) is 1. The van der Waals surface area contributed by atoms with E-state index in [9.17, 15) is 4.39 Å². The normalized spacial score (nSPS) is 10.6. The third-order valence-corrected chi connectivity index (χ3v) is 3.72. The Morgan fingerprint density at radius 3 is 2.45 bits per heavy atom. The Kier molecular flexibility index (Phi) is 4.39. The first-order valence-electron chi connectivity index (χ1n) is 6.60. The molecule has 0 spiro atoms. The summed E-state index contributed by atoms with van der Waals surface area (Å²) in [6.07, 6.45) is 2.02. The molecule has 2 aromatic carbocycles. The Morgan fingerprint density at radius 1 is 1.05 bits per heavy atom. The standard InChI is InChI=1S/C16H13FN2O2S/c1-22-14-8-6-13(7-9-14)20-10-15-18-19-16(21-15)11-2-4-12(17)5-3-11/h2-9H,10H2,1H3. The maximum Gasteiger partial charge on any atom is 0.254 e. The van der Waals surface area contributed by atoms with Crippen LogP contribution in [0.1, 0.15) is 5.89 Å². The van der Waals surface area contributed by atoms with Crippen molar-refractivity contribution in [1.29, 1.82) is 0 Å². The van der Waals surface area contributed by atoms with Crippen molar-refractivity contribution in [1.82, 2.24) is 10.2 Å². The first kappa shape index (κ1) is 14.6. The molecular weight excluding hydrogens is 303 g/mol. The molecule has 0 aliphatic heterocycles. The van der Waals surface area contributed by atoms with Gasteiger partial charge in [0.15, 0.2) is 6.61 Å². The molecule has 0 amide bonds. The van der Waals surface area contributed by atoms with Crippen molar-refractivity contribution in [3.63, 3.8) is 0 Å². The quantitative estimate of drug-likeness (QED) is 0.661. The number of rotatable bonds is 5. The highest BCUT2D eigenvalue weighted by molar-refractivity contribution is 7.98. The number of thioether (sulfide) groups is 1. The number of halogens is 1. The molecule has 4 nitrogen and oxygen atoms in total. The Morgan fingerprint density at radius 2 is 1.77 bits per heavy atom. The average Bonchev–Trinajstić information content (AvgIpc) is 3.03. The van der Waals surface area contributed by atoms with Gasteiger partial charge in [-0.15, -0.1) is 22.0 Å². The van der Waals surface area contributed by atoms with Gasteiger partial charge in [0, 0.05) is 10.5 Å². The van der Waals surface area contributed by atoms with Crippen LogP contribution in [0.25, 0.3) is 11.5 Å². The van der Waals surface area contributed by atoms with Crippen LogP contribution in [0.15, 0.2) is 57.8 Å². The molecule has 0 aliphatic carbocycles. The Labute approximate surface area is 131 Å². The van der Waals surface area contributed by atoms with Gasteiger partial charge in [-0.1, -0.05) is 0 Å². The summed E-state index contributed by atoms with van der Waals surface area (Å²) < 4.78 is 24.0. The van der Waals surface area contributed by atoms with Crippen molar-refractivity contribution in [2.45, 2.75) is 11.5 Å². The lowest BCUT2D eigenvalue weighted by atomic mass is 10.2. The fourth-order valence-electron chi connectivity index (χ4n) is 1.84. The Hall–Kier alpha value is -2.34. The fraction of sp³-hybridized carbons (Fsp3) is 0.125. The molecule has 0 N–H and O–H groups in total. The van der Waals surface area contributed by atoms with E-state index in [1.165, 1.54) is 17.0 Å². The molecule has 0 fully saturated rings. The number of hydrogen-bond acceptors (Lipinski definition) is 5. The lowest BCUT2D eigenvalue weighted by molar-refractivity contribution is 0.264. The van der Waals surface area contributed by atoms with Crippen LogP contribution in [-0.4, -0.2) is 16.5 Å². The summed E-state index contributed by atoms with van der Waals surface area (Å²) in [5.41, 5.74) is 0.671. The third kappa shape index (κ3) is 3.46. The molecule has 3 aromatic rings. The first-order chi connectivity index (χ1) is 10.7. The molecule has 22 heavy (non-hydrogen) atoms. The summed E-state index contributed by atoms with van der Waals surface area (Å²) >= 11 is 1.67. The van der Waals surface area contributed by atoms with Gasteiger partial charge < -0.3 is 9.15 Å². The van der Waals surface area contributed by atoms with E-state index in [0.717, 1.165) is 5.75 Å². The average molecular weight is 316 g/mol. The van der Waals surface area contributed by atoms with E-state index in [0.29, 0.717) is 17.3 Å². The van der Waals surface area contributed by atoms with Gasteiger partial charge >= 0.3 is 0 Å². The van der Waals surface area contributed by atoms with Crippen LogP contribution >= 0.6 is 11.8 Å². The second kappa shape index (κ2) is 6.62. The van der Waals surface area contributed by atoms with Crippen molar-refractivity contribution in [2.75, 3.05) is 6.26 Å². The minimum absolute atomic E-state index is 0.187. The highest BCUT2D eigenvalue weighted by Crippen LogP contribution is 2.21. The molecule has 0 aliphatic rings. The predicted octanol–water partition coefficient (Wildman–Crippen LogP) is 4.18. The van der Waals surface area contributed by atoms with Gasteiger partial charge in [0.1, 0.15) is 11.6 Å². The zero-order chi connectivity index (χ0) is 15.4. The molecule has 1 aromatic heterocycles. The molecular formula is C16H13FN2O2S. The van der Waals surface area contributed by atoms with Crippen LogP contribution in [0.4, 0.5) is 4.39 Å². The van der Waals surface area contributed by atoms with Gasteiger partial charge in [0.25, 0.3) is 5.89 Å². The van der Waals surface area contributed by atoms with Crippen LogP contribution in [-0.2, 0) is 6.61 Å². The second-order valence-corrected chi connectivity index (χ2v) is 5.35. The Balaban J connectivity index is 1.65. The SMILES string of the molecule is CSc1ccc(OCc2nnc(-c3ccc(F)cc3)o2)cc1. The summed E-state index contributed by atoms with van der Waals surface area (Å²) in [4.78, 5) is 1.17. The third-order valence-electron chi connectivity index (χ3n) is 2.98. The Bertz CT molecular complexity index is 742. The zero-order valence-electron chi connectivity index (χ0n) is 11.8. The lowest BCUT2D eigenvalue weighted by Gasteiger charge is -2.03. The lowest BCUT2D eigenvalue weighted by Crippen LogP contribution is -1.95. The van der Waals surface area contributed by atoms with E-state index in [1.807, 2.05) is 30.5 Å². The van der Waals surface area contributed by atoms with E-state index in [-0.39, 0.29) is 12.4 Å². The second-order valence-electron chi connectivity index (χ2n) is 4.47. The molecule has 1 heterocycles. The van der Waals surface area contributed by atoms with Crippen molar-refractivity contribution < 1.29 is 13.5 Å². The smallest absolute Gasteiger partial charge is 0.254 e. The van der Waals surface area contributed by atoms with Crippen molar-refractivity contribution in [3.8, 4) is 17.2 Å². The molecule has 0 unspecified atom stereocenters. The first-order valence-corrected chi connectivity index (χ1v) is 7.82. The highest BCUT2D eigenvalue weighted by Gasteiger charge is 2.09. The van der Waals surface area contributed by atoms with Crippen LogP contribution in [0.3, 0.4) is 0 Å². The number of benzene rings is 2. The topological polar surface area (TPSA) is 48.2 Å². The summed E-state index contributed by atoms with van der Waals surface area (Å²) in [6, 6.07) is 13.6. The van der Waals surface area contributed by atoms with Crippen molar-refractivity contribution >= 4 is 11.8 Å². The molecule has 0 saturated heterocycles. The number of hydrogen-bond donors (Lipinski definition) is 0. The van der Waals surface area contributed by atoms with E-state index >= 15 is 0 Å². The molecule has 3 rings (SSSR count). The predicted molar refractivity (Wildman–Crippen MR) is 82.2 cm³/mol. The summed E-state index contributed by atoms with van der Waals surface area (Å²) in [6.45, 7) is 0.187. The number of aromatic nitrogens is 2. The van der Waals surface area contributed by atoms with Gasteiger partial charge in [-0.05, 0) is 54.8 Å². The fourth-order valence-corrected chi connectivity index (χ4v) is 2.25. The molecule has 0 saturated carbocycles. The van der Waals surface area contributed by atoms with E-state index in [4.69, 9.17) is 9.15 Å². The van der Waals surface area contributed by atoms with Crippen LogP contribution < -0.4 is 4.74 Å². The van der Waals surface area contributed by atoms with Gasteiger partial charge in [0.05, 0.1) is 0 Å². The minimum atomic E-state index is -0.305. The van der Waals surface area contributed by atoms with E-state index in [1.54, 1.807) is 23.9 Å². The summed E-state index contributed by atoms with van der Waals surface area (Å²) in [7, 11) is 0. The summed E-state index contributed by atoms with van der Waals surface area (Å²) in [5, 5.41) is 7.86. The monoisotopic (exact) mass is 316 g/mol. The zero-order valence-corrected chi connectivity index (χ0v) is 12.6. The molecule has 0 atom stereocenters. The largest absolute Gasteiger partial charge is 0.484 e. The van der Waals surface area contributed by atoms with Crippen molar-refractivity contribution in [3.05, 3.63) is 60.2 Å². The summed E-state index contributed by atoms with van der Waals surface area (Å²) in [5.74, 6) is 1.14. The van der Waals surface area contributed by atoms with Gasteiger partial charge in [-0.25, -0.2) is 4.39 Å². The minimum Gasteiger partial charge on any atom is -0.484 e. The van der Waals surface area contributed by atoms with E-state index < -0.39 is 0 Å². The van der Waals surface area contributed by atoms with Gasteiger partial charge in [0.2, 0.25) is 5.89 Å². The van der Waals surface area contributed by atoms with Crippen LogP contribution in [0.5, 0.6) is 5.75 Å². The highest BCUT2D eigenvalue weighted by atomic mass is 32.2. The van der Waals surface area contributed by atoms with Gasteiger partial charge in [-0.3, -0.25) is 0 Å². The molecule has 6 heteroatoms. The number of nitrogens with zero attached hydrogens (tertiary/aromatic N) is 2. The maximum absolute atomic E-state index is 12.9. The van der Waals surface area contributed by atoms with Crippen LogP contribution in [0.2, 0.25) is 0 Å². The van der Waals surface area contributed by atoms with Gasteiger partial charge in [-0.2, -0.15) is 0 Å². The van der Waals surface area contributed by atoms with Crippen molar-refractivity contribution in [2.24, 2.45) is 0 Å². The van der Waals surface area contributed by atoms with E-state index in [2.05, 4.69) is 10.2 Å². The maximum atomic E-state index is 12.9.